The number of alkyl halides is 2. The van der Waals surface area contributed by atoms with Gasteiger partial charge in [-0.3, -0.25) is 9.59 Å². The van der Waals surface area contributed by atoms with E-state index < -0.39 is 6.61 Å². The SMILES string of the molecule is CC(NC(=O)c1ccc(CN2CCCC2=O)cc1)c1ccc(OC(F)F)cc1. The van der Waals surface area contributed by atoms with Gasteiger partial charge in [0.2, 0.25) is 5.91 Å². The first-order valence-corrected chi connectivity index (χ1v) is 9.15. The van der Waals surface area contributed by atoms with E-state index in [-0.39, 0.29) is 23.6 Å². The molecule has 0 aromatic heterocycles. The van der Waals surface area contributed by atoms with Crippen LogP contribution in [0.15, 0.2) is 48.5 Å². The Balaban J connectivity index is 1.57. The molecule has 7 heteroatoms. The Morgan fingerprint density at radius 1 is 1.14 bits per heavy atom. The fourth-order valence-corrected chi connectivity index (χ4v) is 3.15. The molecule has 2 amide bonds. The molecule has 1 fully saturated rings. The maximum absolute atomic E-state index is 12.4. The molecule has 1 aliphatic heterocycles. The third kappa shape index (κ3) is 5.06. The summed E-state index contributed by atoms with van der Waals surface area (Å²) in [5.41, 5.74) is 2.27. The molecule has 1 atom stereocenters. The lowest BCUT2D eigenvalue weighted by Crippen LogP contribution is -2.27. The lowest BCUT2D eigenvalue weighted by molar-refractivity contribution is -0.128. The van der Waals surface area contributed by atoms with Crippen LogP contribution in [0.25, 0.3) is 0 Å². The predicted octanol–water partition coefficient (Wildman–Crippen LogP) is 3.90. The lowest BCUT2D eigenvalue weighted by Gasteiger charge is -2.17. The Kier molecular flexibility index (Phi) is 6.23. The number of rotatable bonds is 7. The molecule has 2 aromatic carbocycles. The molecule has 1 saturated heterocycles. The van der Waals surface area contributed by atoms with E-state index in [9.17, 15) is 18.4 Å². The monoisotopic (exact) mass is 388 g/mol. The third-order valence-corrected chi connectivity index (χ3v) is 4.71. The van der Waals surface area contributed by atoms with Crippen molar-refractivity contribution in [2.45, 2.75) is 39.0 Å². The standard InChI is InChI=1S/C21H22F2N2O3/c1-14(16-8-10-18(11-9-16)28-21(22)23)24-20(27)17-6-4-15(5-7-17)13-25-12-2-3-19(25)26/h4-11,14,21H,2-3,12-13H2,1H3,(H,24,27). The molecule has 148 valence electrons. The van der Waals surface area contributed by atoms with Gasteiger partial charge in [0, 0.05) is 25.1 Å². The summed E-state index contributed by atoms with van der Waals surface area (Å²) in [5.74, 6) is 0.00849. The molecular formula is C21H22F2N2O3. The highest BCUT2D eigenvalue weighted by Crippen LogP contribution is 2.20. The minimum atomic E-state index is -2.87. The molecule has 28 heavy (non-hydrogen) atoms. The Morgan fingerprint density at radius 3 is 2.39 bits per heavy atom. The molecule has 1 aliphatic rings. The average Bonchev–Trinajstić information content (AvgIpc) is 3.07. The highest BCUT2D eigenvalue weighted by Gasteiger charge is 2.20. The molecule has 1 heterocycles. The molecule has 0 spiro atoms. The maximum atomic E-state index is 12.4. The van der Waals surface area contributed by atoms with E-state index >= 15 is 0 Å². The van der Waals surface area contributed by atoms with Crippen molar-refractivity contribution in [2.24, 2.45) is 0 Å². The van der Waals surface area contributed by atoms with Crippen LogP contribution in [-0.4, -0.2) is 29.9 Å². The van der Waals surface area contributed by atoms with Crippen molar-refractivity contribution in [1.29, 1.82) is 0 Å². The van der Waals surface area contributed by atoms with E-state index in [2.05, 4.69) is 10.1 Å². The van der Waals surface area contributed by atoms with Gasteiger partial charge in [0.1, 0.15) is 5.75 Å². The van der Waals surface area contributed by atoms with Crippen molar-refractivity contribution in [1.82, 2.24) is 10.2 Å². The molecule has 0 aliphatic carbocycles. The second kappa shape index (κ2) is 8.82. The number of hydrogen-bond acceptors (Lipinski definition) is 3. The van der Waals surface area contributed by atoms with Crippen molar-refractivity contribution in [2.75, 3.05) is 6.54 Å². The van der Waals surface area contributed by atoms with E-state index in [1.165, 1.54) is 12.1 Å². The Labute approximate surface area is 162 Å². The summed E-state index contributed by atoms with van der Waals surface area (Å²) in [6.45, 7) is 0.285. The van der Waals surface area contributed by atoms with Crippen LogP contribution >= 0.6 is 0 Å². The molecule has 3 rings (SSSR count). The Bertz CT molecular complexity index is 823. The molecule has 2 aromatic rings. The number of nitrogens with one attached hydrogen (secondary N) is 1. The first kappa shape index (κ1) is 19.8. The first-order valence-electron chi connectivity index (χ1n) is 9.15. The Hall–Kier alpha value is -2.96. The number of halogens is 2. The maximum Gasteiger partial charge on any atom is 0.387 e. The van der Waals surface area contributed by atoms with Crippen molar-refractivity contribution in [3.63, 3.8) is 0 Å². The second-order valence-electron chi connectivity index (χ2n) is 6.76. The molecule has 1 N–H and O–H groups in total. The number of carbonyl (C=O) groups is 2. The van der Waals surface area contributed by atoms with Gasteiger partial charge < -0.3 is 15.0 Å². The normalized spacial score (nSPS) is 15.0. The molecule has 0 bridgehead atoms. The fourth-order valence-electron chi connectivity index (χ4n) is 3.15. The zero-order valence-corrected chi connectivity index (χ0v) is 15.5. The smallest absolute Gasteiger partial charge is 0.387 e. The predicted molar refractivity (Wildman–Crippen MR) is 100 cm³/mol. The first-order chi connectivity index (χ1) is 13.4. The summed E-state index contributed by atoms with van der Waals surface area (Å²) >= 11 is 0. The van der Waals surface area contributed by atoms with Crippen LogP contribution in [0.3, 0.4) is 0 Å². The summed E-state index contributed by atoms with van der Waals surface area (Å²) < 4.78 is 28.7. The van der Waals surface area contributed by atoms with Crippen LogP contribution in [0.5, 0.6) is 5.75 Å². The number of amides is 2. The van der Waals surface area contributed by atoms with Gasteiger partial charge in [0.15, 0.2) is 0 Å². The van der Waals surface area contributed by atoms with Crippen molar-refractivity contribution in [3.8, 4) is 5.75 Å². The summed E-state index contributed by atoms with van der Waals surface area (Å²) in [6.07, 6.45) is 1.50. The Morgan fingerprint density at radius 2 is 1.82 bits per heavy atom. The molecule has 5 nitrogen and oxygen atoms in total. The van der Waals surface area contributed by atoms with Gasteiger partial charge in [-0.15, -0.1) is 0 Å². The molecule has 0 radical (unpaired) electrons. The largest absolute Gasteiger partial charge is 0.435 e. The van der Waals surface area contributed by atoms with E-state index in [1.807, 2.05) is 24.0 Å². The van der Waals surface area contributed by atoms with Gasteiger partial charge in [-0.2, -0.15) is 8.78 Å². The van der Waals surface area contributed by atoms with Gasteiger partial charge in [0.25, 0.3) is 5.91 Å². The van der Waals surface area contributed by atoms with E-state index in [0.29, 0.717) is 18.5 Å². The topological polar surface area (TPSA) is 58.6 Å². The fraction of sp³-hybridized carbons (Fsp3) is 0.333. The number of likely N-dealkylation sites (tertiary alicyclic amines) is 1. The van der Waals surface area contributed by atoms with Gasteiger partial charge in [-0.1, -0.05) is 24.3 Å². The highest BCUT2D eigenvalue weighted by atomic mass is 19.3. The van der Waals surface area contributed by atoms with Crippen LogP contribution in [0, 0.1) is 0 Å². The molecule has 0 saturated carbocycles. The quantitative estimate of drug-likeness (QED) is 0.783. The summed E-state index contributed by atoms with van der Waals surface area (Å²) in [6, 6.07) is 13.0. The molecule has 1 unspecified atom stereocenters. The van der Waals surface area contributed by atoms with Crippen LogP contribution < -0.4 is 10.1 Å². The zero-order valence-electron chi connectivity index (χ0n) is 15.5. The van der Waals surface area contributed by atoms with Crippen LogP contribution in [0.4, 0.5) is 8.78 Å². The summed E-state index contributed by atoms with van der Waals surface area (Å²) in [5, 5.41) is 2.88. The highest BCUT2D eigenvalue weighted by molar-refractivity contribution is 5.94. The minimum Gasteiger partial charge on any atom is -0.435 e. The average molecular weight is 388 g/mol. The minimum absolute atomic E-state index is 0.0735. The summed E-state index contributed by atoms with van der Waals surface area (Å²) in [7, 11) is 0. The van der Waals surface area contributed by atoms with Crippen LogP contribution in [0.2, 0.25) is 0 Å². The van der Waals surface area contributed by atoms with Gasteiger partial charge >= 0.3 is 6.61 Å². The van der Waals surface area contributed by atoms with Crippen molar-refractivity contribution >= 4 is 11.8 Å². The zero-order chi connectivity index (χ0) is 20.1. The number of benzene rings is 2. The third-order valence-electron chi connectivity index (χ3n) is 4.71. The van der Waals surface area contributed by atoms with E-state index in [0.717, 1.165) is 24.1 Å². The number of ether oxygens (including phenoxy) is 1. The summed E-state index contributed by atoms with van der Waals surface area (Å²) in [4.78, 5) is 26.0. The van der Waals surface area contributed by atoms with Gasteiger partial charge in [0.05, 0.1) is 6.04 Å². The van der Waals surface area contributed by atoms with E-state index in [4.69, 9.17) is 0 Å². The number of nitrogens with zero attached hydrogens (tertiary/aromatic N) is 1. The van der Waals surface area contributed by atoms with Gasteiger partial charge in [-0.25, -0.2) is 0 Å². The van der Waals surface area contributed by atoms with Crippen molar-refractivity contribution in [3.05, 3.63) is 65.2 Å². The van der Waals surface area contributed by atoms with Crippen molar-refractivity contribution < 1.29 is 23.1 Å². The number of hydrogen-bond donors (Lipinski definition) is 1. The van der Waals surface area contributed by atoms with Gasteiger partial charge in [-0.05, 0) is 48.7 Å². The van der Waals surface area contributed by atoms with E-state index in [1.54, 1.807) is 24.3 Å². The second-order valence-corrected chi connectivity index (χ2v) is 6.76. The van der Waals surface area contributed by atoms with Crippen LogP contribution in [0.1, 0.15) is 47.3 Å². The lowest BCUT2D eigenvalue weighted by atomic mass is 10.1. The van der Waals surface area contributed by atoms with Crippen LogP contribution in [-0.2, 0) is 11.3 Å². The molecular weight excluding hydrogens is 366 g/mol. The number of carbonyl (C=O) groups excluding carboxylic acids is 2.